The zero-order chi connectivity index (χ0) is 18.9. The van der Waals surface area contributed by atoms with E-state index >= 15 is 0 Å². The first kappa shape index (κ1) is 17.7. The first-order valence-electron chi connectivity index (χ1n) is 8.39. The van der Waals surface area contributed by atoms with Crippen LogP contribution in [0.5, 0.6) is 5.75 Å². The maximum Gasteiger partial charge on any atom is 0.271 e. The van der Waals surface area contributed by atoms with Crippen molar-refractivity contribution in [2.45, 2.75) is 32.7 Å². The molecule has 0 bridgehead atoms. The number of rotatable bonds is 4. The Bertz CT molecular complexity index is 920. The van der Waals surface area contributed by atoms with Crippen LogP contribution in [0, 0.1) is 0 Å². The maximum absolute atomic E-state index is 12.6. The summed E-state index contributed by atoms with van der Waals surface area (Å²) in [4.78, 5) is 14.2. The number of carbonyl (C=O) groups is 1. The lowest BCUT2D eigenvalue weighted by molar-refractivity contribution is 0.0777. The molecule has 0 atom stereocenters. The third-order valence-corrected chi connectivity index (χ3v) is 4.14. The van der Waals surface area contributed by atoms with Crippen LogP contribution in [-0.2, 0) is 12.0 Å². The van der Waals surface area contributed by atoms with E-state index in [0.717, 1.165) is 11.4 Å². The quantitative estimate of drug-likeness (QED) is 0.671. The summed E-state index contributed by atoms with van der Waals surface area (Å²) in [6.07, 6.45) is 0. The smallest absolute Gasteiger partial charge is 0.271 e. The number of nitrogens with one attached hydrogen (secondary N) is 2. The fraction of sp³-hybridized carbons (Fsp3) is 0.316. The molecule has 1 amide bonds. The van der Waals surface area contributed by atoms with Crippen molar-refractivity contribution in [1.29, 1.82) is 0 Å². The number of hydrogen-bond acceptors (Lipinski definition) is 4. The van der Waals surface area contributed by atoms with Crippen LogP contribution < -0.4 is 0 Å². The monoisotopic (exact) mass is 353 g/mol. The number of aromatic hydroxyl groups is 1. The van der Waals surface area contributed by atoms with Gasteiger partial charge in [-0.05, 0) is 24.3 Å². The summed E-state index contributed by atoms with van der Waals surface area (Å²) >= 11 is 0. The van der Waals surface area contributed by atoms with E-state index < -0.39 is 0 Å². The highest BCUT2D eigenvalue weighted by molar-refractivity contribution is 5.93. The van der Waals surface area contributed by atoms with Gasteiger partial charge in [0.05, 0.1) is 23.6 Å². The number of carbonyl (C=O) groups excluding carboxylic acids is 1. The van der Waals surface area contributed by atoms with Crippen molar-refractivity contribution in [3.63, 3.8) is 0 Å². The van der Waals surface area contributed by atoms with Crippen LogP contribution in [0.3, 0.4) is 0 Å². The largest absolute Gasteiger partial charge is 0.507 e. The molecule has 0 aliphatic carbocycles. The van der Waals surface area contributed by atoms with Crippen LogP contribution in [-0.4, -0.2) is 43.4 Å². The molecule has 7 nitrogen and oxygen atoms in total. The van der Waals surface area contributed by atoms with Crippen molar-refractivity contribution in [1.82, 2.24) is 25.3 Å². The number of aromatic nitrogens is 4. The Morgan fingerprint density at radius 3 is 2.54 bits per heavy atom. The van der Waals surface area contributed by atoms with E-state index in [0.29, 0.717) is 23.5 Å². The lowest BCUT2D eigenvalue weighted by Gasteiger charge is -2.15. The van der Waals surface area contributed by atoms with Gasteiger partial charge in [-0.2, -0.15) is 10.2 Å². The number of hydrogen-bond donors (Lipinski definition) is 3. The molecule has 0 unspecified atom stereocenters. The average Bonchev–Trinajstić information content (AvgIpc) is 3.23. The summed E-state index contributed by atoms with van der Waals surface area (Å²) in [5.41, 5.74) is 3.24. The summed E-state index contributed by atoms with van der Waals surface area (Å²) in [6.45, 7) is 6.68. The summed E-state index contributed by atoms with van der Waals surface area (Å²) in [5, 5.41) is 24.1. The van der Waals surface area contributed by atoms with Gasteiger partial charge in [0.15, 0.2) is 0 Å². The minimum atomic E-state index is -0.189. The van der Waals surface area contributed by atoms with Crippen molar-refractivity contribution in [2.75, 3.05) is 7.05 Å². The molecule has 0 saturated heterocycles. The molecule has 1 aromatic carbocycles. The molecule has 0 saturated carbocycles. The molecule has 2 aromatic heterocycles. The first-order valence-corrected chi connectivity index (χ1v) is 8.39. The van der Waals surface area contributed by atoms with E-state index in [2.05, 4.69) is 41.2 Å². The van der Waals surface area contributed by atoms with Crippen LogP contribution in [0.1, 0.15) is 42.6 Å². The highest BCUT2D eigenvalue weighted by Crippen LogP contribution is 2.27. The standard InChI is InChI=1S/C19H23N5O2/c1-19(2,3)17-9-12(20-23-17)11-24(4)18(26)15-10-14(21-22-15)13-7-5-6-8-16(13)25/h5-10,25H,11H2,1-4H3,(H,20,23)(H,21,22). The first-order chi connectivity index (χ1) is 12.3. The highest BCUT2D eigenvalue weighted by atomic mass is 16.3. The molecule has 3 aromatic rings. The molecular formula is C19H23N5O2. The van der Waals surface area contributed by atoms with E-state index in [9.17, 15) is 9.90 Å². The Hall–Kier alpha value is -3.09. The zero-order valence-corrected chi connectivity index (χ0v) is 15.4. The number of para-hydroxylation sites is 1. The Morgan fingerprint density at radius 1 is 1.15 bits per heavy atom. The van der Waals surface area contributed by atoms with Gasteiger partial charge in [0.25, 0.3) is 5.91 Å². The van der Waals surface area contributed by atoms with Gasteiger partial charge in [0, 0.05) is 18.0 Å². The van der Waals surface area contributed by atoms with Crippen LogP contribution in [0.2, 0.25) is 0 Å². The number of amides is 1. The minimum Gasteiger partial charge on any atom is -0.507 e. The summed E-state index contributed by atoms with van der Waals surface area (Å²) in [5.74, 6) is -0.0652. The number of aromatic amines is 2. The Labute approximate surface area is 152 Å². The van der Waals surface area contributed by atoms with Crippen molar-refractivity contribution in [2.24, 2.45) is 0 Å². The molecular weight excluding hydrogens is 330 g/mol. The summed E-state index contributed by atoms with van der Waals surface area (Å²) in [7, 11) is 1.72. The van der Waals surface area contributed by atoms with E-state index in [1.165, 1.54) is 0 Å². The van der Waals surface area contributed by atoms with Crippen molar-refractivity contribution in [3.8, 4) is 17.0 Å². The van der Waals surface area contributed by atoms with Gasteiger partial charge in [-0.25, -0.2) is 0 Å². The molecule has 0 fully saturated rings. The number of phenolic OH excluding ortho intramolecular Hbond substituents is 1. The van der Waals surface area contributed by atoms with Crippen LogP contribution in [0.15, 0.2) is 36.4 Å². The van der Waals surface area contributed by atoms with Crippen LogP contribution >= 0.6 is 0 Å². The Morgan fingerprint density at radius 2 is 1.88 bits per heavy atom. The van der Waals surface area contributed by atoms with E-state index in [1.54, 1.807) is 36.2 Å². The molecule has 2 heterocycles. The second-order valence-electron chi connectivity index (χ2n) is 7.37. The third kappa shape index (κ3) is 3.61. The molecule has 136 valence electrons. The van der Waals surface area contributed by atoms with E-state index in [4.69, 9.17) is 0 Å². The normalized spacial score (nSPS) is 11.5. The van der Waals surface area contributed by atoms with E-state index in [1.807, 2.05) is 12.1 Å². The van der Waals surface area contributed by atoms with E-state index in [-0.39, 0.29) is 17.1 Å². The zero-order valence-electron chi connectivity index (χ0n) is 15.4. The second kappa shape index (κ2) is 6.67. The van der Waals surface area contributed by atoms with Gasteiger partial charge in [-0.3, -0.25) is 15.0 Å². The topological polar surface area (TPSA) is 97.9 Å². The van der Waals surface area contributed by atoms with Gasteiger partial charge in [-0.15, -0.1) is 0 Å². The highest BCUT2D eigenvalue weighted by Gasteiger charge is 2.20. The molecule has 3 rings (SSSR count). The summed E-state index contributed by atoms with van der Waals surface area (Å²) in [6, 6.07) is 10.5. The number of H-pyrrole nitrogens is 2. The van der Waals surface area contributed by atoms with Crippen molar-refractivity contribution >= 4 is 5.91 Å². The van der Waals surface area contributed by atoms with Gasteiger partial charge < -0.3 is 10.0 Å². The number of benzene rings is 1. The van der Waals surface area contributed by atoms with Crippen LogP contribution in [0.25, 0.3) is 11.3 Å². The lowest BCUT2D eigenvalue weighted by atomic mass is 9.92. The molecule has 7 heteroatoms. The van der Waals surface area contributed by atoms with Crippen molar-refractivity contribution < 1.29 is 9.90 Å². The Balaban J connectivity index is 1.73. The third-order valence-electron chi connectivity index (χ3n) is 4.14. The van der Waals surface area contributed by atoms with Gasteiger partial charge in [0.1, 0.15) is 11.4 Å². The predicted octanol–water partition coefficient (Wildman–Crippen LogP) is 3.08. The molecule has 0 aliphatic heterocycles. The maximum atomic E-state index is 12.6. The lowest BCUT2D eigenvalue weighted by Crippen LogP contribution is -2.26. The number of phenols is 1. The van der Waals surface area contributed by atoms with Gasteiger partial charge >= 0.3 is 0 Å². The SMILES string of the molecule is CN(Cc1cc(C(C)(C)C)n[nH]1)C(=O)c1cc(-c2ccccc2O)n[nH]1. The van der Waals surface area contributed by atoms with Gasteiger partial charge in [-0.1, -0.05) is 32.9 Å². The summed E-state index contributed by atoms with van der Waals surface area (Å²) < 4.78 is 0. The molecule has 26 heavy (non-hydrogen) atoms. The average molecular weight is 353 g/mol. The molecule has 0 aliphatic rings. The minimum absolute atomic E-state index is 0.0483. The van der Waals surface area contributed by atoms with Crippen molar-refractivity contribution in [3.05, 3.63) is 53.5 Å². The second-order valence-corrected chi connectivity index (χ2v) is 7.37. The molecule has 0 radical (unpaired) electrons. The fourth-order valence-electron chi connectivity index (χ4n) is 2.62. The predicted molar refractivity (Wildman–Crippen MR) is 98.8 cm³/mol. The van der Waals surface area contributed by atoms with Crippen LogP contribution in [0.4, 0.5) is 0 Å². The molecule has 0 spiro atoms. The van der Waals surface area contributed by atoms with Gasteiger partial charge in [0.2, 0.25) is 0 Å². The fourth-order valence-corrected chi connectivity index (χ4v) is 2.62. The molecule has 3 N–H and O–H groups in total. The number of nitrogens with zero attached hydrogens (tertiary/aromatic N) is 3. The Kier molecular flexibility index (Phi) is 4.54.